The molecule has 2 atom stereocenters. The fraction of sp³-hybridized carbons (Fsp3) is 0.636. The standard InChI is InChI=1S/C11H20N2O5/c1-4-5-13(6-7-18-3)11(17)12-9(8(2)14)10(15)16/h4,8-9,14H,1,5-7H2,2-3H3,(H,12,17)(H,15,16)/t8-,9+/m1/s1. The number of carboxylic acids is 1. The number of hydrogen-bond acceptors (Lipinski definition) is 4. The Hall–Kier alpha value is -1.60. The summed E-state index contributed by atoms with van der Waals surface area (Å²) in [6.45, 7) is 5.71. The van der Waals surface area contributed by atoms with E-state index >= 15 is 0 Å². The number of urea groups is 1. The van der Waals surface area contributed by atoms with Gasteiger partial charge in [-0.1, -0.05) is 6.08 Å². The van der Waals surface area contributed by atoms with E-state index in [9.17, 15) is 14.7 Å². The van der Waals surface area contributed by atoms with Crippen LogP contribution in [0.25, 0.3) is 0 Å². The van der Waals surface area contributed by atoms with E-state index in [1.54, 1.807) is 0 Å². The van der Waals surface area contributed by atoms with Gasteiger partial charge in [-0.05, 0) is 6.92 Å². The van der Waals surface area contributed by atoms with Gasteiger partial charge >= 0.3 is 12.0 Å². The molecule has 0 rings (SSSR count). The number of methoxy groups -OCH3 is 1. The van der Waals surface area contributed by atoms with E-state index in [1.165, 1.54) is 25.0 Å². The Bertz CT molecular complexity index is 293. The van der Waals surface area contributed by atoms with Crippen molar-refractivity contribution in [3.05, 3.63) is 12.7 Å². The summed E-state index contributed by atoms with van der Waals surface area (Å²) in [6.07, 6.45) is 0.340. The molecule has 104 valence electrons. The second-order valence-electron chi connectivity index (χ2n) is 3.73. The van der Waals surface area contributed by atoms with Crippen molar-refractivity contribution in [2.45, 2.75) is 19.1 Å². The average Bonchev–Trinajstić information content (AvgIpc) is 2.30. The third-order valence-corrected chi connectivity index (χ3v) is 2.23. The van der Waals surface area contributed by atoms with Crippen molar-refractivity contribution in [2.75, 3.05) is 26.8 Å². The molecule has 0 aliphatic heterocycles. The number of carboxylic acid groups (broad SMARTS) is 1. The maximum Gasteiger partial charge on any atom is 0.328 e. The number of aliphatic hydroxyl groups excluding tert-OH is 1. The Kier molecular flexibility index (Phi) is 7.73. The van der Waals surface area contributed by atoms with Crippen LogP contribution < -0.4 is 5.32 Å². The van der Waals surface area contributed by atoms with Crippen molar-refractivity contribution >= 4 is 12.0 Å². The molecule has 0 spiro atoms. The lowest BCUT2D eigenvalue weighted by molar-refractivity contribution is -0.141. The number of carbonyl (C=O) groups is 2. The van der Waals surface area contributed by atoms with Gasteiger partial charge in [-0.3, -0.25) is 0 Å². The molecule has 0 bridgehead atoms. The average molecular weight is 260 g/mol. The number of aliphatic hydroxyl groups is 1. The monoisotopic (exact) mass is 260 g/mol. The Balaban J connectivity index is 4.55. The molecule has 0 aliphatic carbocycles. The predicted octanol–water partition coefficient (Wildman–Crippen LogP) is -0.336. The highest BCUT2D eigenvalue weighted by Crippen LogP contribution is 1.97. The first-order valence-electron chi connectivity index (χ1n) is 5.50. The maximum atomic E-state index is 11.8. The van der Waals surface area contributed by atoms with Crippen molar-refractivity contribution < 1.29 is 24.5 Å². The number of rotatable bonds is 8. The van der Waals surface area contributed by atoms with Crippen LogP contribution in [0.15, 0.2) is 12.7 Å². The van der Waals surface area contributed by atoms with Gasteiger partial charge in [0.1, 0.15) is 0 Å². The summed E-state index contributed by atoms with van der Waals surface area (Å²) in [5.41, 5.74) is 0. The van der Waals surface area contributed by atoms with Gasteiger partial charge in [0.05, 0.1) is 12.7 Å². The van der Waals surface area contributed by atoms with Gasteiger partial charge in [-0.15, -0.1) is 6.58 Å². The molecular formula is C11H20N2O5. The molecular weight excluding hydrogens is 240 g/mol. The summed E-state index contributed by atoms with van der Waals surface area (Å²) in [6, 6.07) is -1.92. The van der Waals surface area contributed by atoms with Gasteiger partial charge in [-0.2, -0.15) is 0 Å². The molecule has 7 heteroatoms. The molecule has 2 amide bonds. The number of hydrogen-bond donors (Lipinski definition) is 3. The summed E-state index contributed by atoms with van der Waals surface area (Å²) in [5, 5.41) is 20.3. The van der Waals surface area contributed by atoms with Crippen LogP contribution in [0.5, 0.6) is 0 Å². The van der Waals surface area contributed by atoms with Crippen LogP contribution in [0.4, 0.5) is 4.79 Å². The van der Waals surface area contributed by atoms with Crippen molar-refractivity contribution in [1.82, 2.24) is 10.2 Å². The van der Waals surface area contributed by atoms with E-state index in [0.717, 1.165) is 0 Å². The fourth-order valence-corrected chi connectivity index (χ4v) is 1.25. The van der Waals surface area contributed by atoms with E-state index in [2.05, 4.69) is 11.9 Å². The zero-order valence-corrected chi connectivity index (χ0v) is 10.6. The maximum absolute atomic E-state index is 11.8. The van der Waals surface area contributed by atoms with Crippen molar-refractivity contribution in [3.63, 3.8) is 0 Å². The molecule has 0 heterocycles. The van der Waals surface area contributed by atoms with Crippen LogP contribution in [-0.2, 0) is 9.53 Å². The Labute approximate surface area is 106 Å². The molecule has 0 aliphatic rings. The third-order valence-electron chi connectivity index (χ3n) is 2.23. The van der Waals surface area contributed by atoms with Crippen LogP contribution in [-0.4, -0.2) is 66.1 Å². The zero-order valence-electron chi connectivity index (χ0n) is 10.6. The molecule has 0 aromatic heterocycles. The number of amides is 2. The van der Waals surface area contributed by atoms with E-state index < -0.39 is 24.1 Å². The highest BCUT2D eigenvalue weighted by Gasteiger charge is 2.26. The normalized spacial score (nSPS) is 13.5. The Morgan fingerprint density at radius 3 is 2.56 bits per heavy atom. The first kappa shape index (κ1) is 16.4. The van der Waals surface area contributed by atoms with Crippen LogP contribution in [0.3, 0.4) is 0 Å². The molecule has 0 fully saturated rings. The van der Waals surface area contributed by atoms with Gasteiger partial charge < -0.3 is 25.2 Å². The van der Waals surface area contributed by atoms with Gasteiger partial charge in [0, 0.05) is 20.2 Å². The predicted molar refractivity (Wildman–Crippen MR) is 65.3 cm³/mol. The lowest BCUT2D eigenvalue weighted by Gasteiger charge is -2.24. The van der Waals surface area contributed by atoms with E-state index in [0.29, 0.717) is 13.2 Å². The summed E-state index contributed by atoms with van der Waals surface area (Å²) in [7, 11) is 1.50. The smallest absolute Gasteiger partial charge is 0.328 e. The molecule has 0 saturated heterocycles. The second kappa shape index (κ2) is 8.48. The fourth-order valence-electron chi connectivity index (χ4n) is 1.25. The first-order valence-corrected chi connectivity index (χ1v) is 5.50. The molecule has 0 unspecified atom stereocenters. The van der Waals surface area contributed by atoms with Crippen LogP contribution >= 0.6 is 0 Å². The number of nitrogens with one attached hydrogen (secondary N) is 1. The quantitative estimate of drug-likeness (QED) is 0.519. The number of carbonyl (C=O) groups excluding carboxylic acids is 1. The summed E-state index contributed by atoms with van der Waals surface area (Å²) < 4.78 is 4.85. The minimum Gasteiger partial charge on any atom is -0.480 e. The summed E-state index contributed by atoms with van der Waals surface area (Å²) in [5.74, 6) is -1.29. The molecule has 18 heavy (non-hydrogen) atoms. The molecule has 3 N–H and O–H groups in total. The Morgan fingerprint density at radius 1 is 1.56 bits per heavy atom. The minimum atomic E-state index is -1.34. The molecule has 0 saturated carbocycles. The zero-order chi connectivity index (χ0) is 14.1. The van der Waals surface area contributed by atoms with Crippen LogP contribution in [0.1, 0.15) is 6.92 Å². The highest BCUT2D eigenvalue weighted by molar-refractivity contribution is 5.83. The SMILES string of the molecule is C=CCN(CCOC)C(=O)N[C@H](C(=O)O)[C@@H](C)O. The molecule has 0 aromatic rings. The second-order valence-corrected chi connectivity index (χ2v) is 3.73. The van der Waals surface area contributed by atoms with Gasteiger partial charge in [-0.25, -0.2) is 9.59 Å². The van der Waals surface area contributed by atoms with Gasteiger partial charge in [0.25, 0.3) is 0 Å². The summed E-state index contributed by atoms with van der Waals surface area (Å²) >= 11 is 0. The minimum absolute atomic E-state index is 0.265. The molecule has 7 nitrogen and oxygen atoms in total. The number of nitrogens with zero attached hydrogens (tertiary/aromatic N) is 1. The lowest BCUT2D eigenvalue weighted by atomic mass is 10.2. The van der Waals surface area contributed by atoms with Gasteiger partial charge in [0.2, 0.25) is 0 Å². The van der Waals surface area contributed by atoms with Crippen molar-refractivity contribution in [3.8, 4) is 0 Å². The van der Waals surface area contributed by atoms with Crippen LogP contribution in [0.2, 0.25) is 0 Å². The third kappa shape index (κ3) is 5.65. The topological polar surface area (TPSA) is 99.1 Å². The summed E-state index contributed by atoms with van der Waals surface area (Å²) in [4.78, 5) is 24.0. The van der Waals surface area contributed by atoms with Gasteiger partial charge in [0.15, 0.2) is 6.04 Å². The lowest BCUT2D eigenvalue weighted by Crippen LogP contribution is -2.52. The number of ether oxygens (including phenoxy) is 1. The van der Waals surface area contributed by atoms with Crippen LogP contribution in [0, 0.1) is 0 Å². The highest BCUT2D eigenvalue weighted by atomic mass is 16.5. The largest absolute Gasteiger partial charge is 0.480 e. The van der Waals surface area contributed by atoms with E-state index in [4.69, 9.17) is 9.84 Å². The number of aliphatic carboxylic acids is 1. The Morgan fingerprint density at radius 2 is 2.17 bits per heavy atom. The van der Waals surface area contributed by atoms with Crippen molar-refractivity contribution in [1.29, 1.82) is 0 Å². The van der Waals surface area contributed by atoms with E-state index in [1.807, 2.05) is 0 Å². The first-order chi connectivity index (χ1) is 8.43. The molecule has 0 aromatic carbocycles. The van der Waals surface area contributed by atoms with E-state index in [-0.39, 0.29) is 6.54 Å². The van der Waals surface area contributed by atoms with Crippen molar-refractivity contribution in [2.24, 2.45) is 0 Å². The molecule has 0 radical (unpaired) electrons.